The number of hydrogen-bond donors (Lipinski definition) is 1. The molecule has 0 radical (unpaired) electrons. The predicted molar refractivity (Wildman–Crippen MR) is 66.0 cm³/mol. The van der Waals surface area contributed by atoms with E-state index in [1.54, 1.807) is 0 Å². The number of fused-ring (bicyclic) bond motifs is 1. The van der Waals surface area contributed by atoms with E-state index < -0.39 is 0 Å². The minimum absolute atomic E-state index is 0.0801. The summed E-state index contributed by atoms with van der Waals surface area (Å²) in [6.07, 6.45) is 2.25. The van der Waals surface area contributed by atoms with Crippen LogP contribution in [-0.2, 0) is 15.9 Å². The third-order valence-electron chi connectivity index (χ3n) is 3.84. The van der Waals surface area contributed by atoms with E-state index in [1.165, 1.54) is 11.1 Å². The largest absolute Gasteiger partial charge is 0.376 e. The lowest BCUT2D eigenvalue weighted by Gasteiger charge is -2.35. The topological polar surface area (TPSA) is 44.5 Å². The SMILES string of the molecule is NC(CC1Cc2ccccc21)C1COCCO1. The summed E-state index contributed by atoms with van der Waals surface area (Å²) in [5.74, 6) is 0.617. The van der Waals surface area contributed by atoms with Crippen molar-refractivity contribution in [3.8, 4) is 0 Å². The lowest BCUT2D eigenvalue weighted by molar-refractivity contribution is -0.0984. The molecule has 0 bridgehead atoms. The lowest BCUT2D eigenvalue weighted by atomic mass is 9.74. The predicted octanol–water partition coefficient (Wildman–Crippen LogP) is 1.46. The molecule has 3 nitrogen and oxygen atoms in total. The molecular weight excluding hydrogens is 214 g/mol. The van der Waals surface area contributed by atoms with Crippen molar-refractivity contribution in [2.24, 2.45) is 5.73 Å². The highest BCUT2D eigenvalue weighted by atomic mass is 16.6. The summed E-state index contributed by atoms with van der Waals surface area (Å²) in [6.45, 7) is 2.03. The minimum atomic E-state index is 0.0801. The molecule has 3 heteroatoms. The summed E-state index contributed by atoms with van der Waals surface area (Å²) in [7, 11) is 0. The average molecular weight is 233 g/mol. The molecule has 1 fully saturated rings. The number of benzene rings is 1. The van der Waals surface area contributed by atoms with Crippen LogP contribution in [0.4, 0.5) is 0 Å². The normalized spacial score (nSPS) is 29.2. The van der Waals surface area contributed by atoms with Crippen LogP contribution in [0.5, 0.6) is 0 Å². The first kappa shape index (κ1) is 11.2. The van der Waals surface area contributed by atoms with Crippen LogP contribution in [0.3, 0.4) is 0 Å². The summed E-state index contributed by atoms with van der Waals surface area (Å²) < 4.78 is 11.0. The molecule has 3 rings (SSSR count). The van der Waals surface area contributed by atoms with Crippen LogP contribution < -0.4 is 5.73 Å². The number of hydrogen-bond acceptors (Lipinski definition) is 3. The molecule has 0 spiro atoms. The van der Waals surface area contributed by atoms with E-state index in [1.807, 2.05) is 0 Å². The molecule has 2 N–H and O–H groups in total. The van der Waals surface area contributed by atoms with Crippen molar-refractivity contribution >= 4 is 0 Å². The lowest BCUT2D eigenvalue weighted by Crippen LogP contribution is -2.45. The van der Waals surface area contributed by atoms with Crippen molar-refractivity contribution in [1.29, 1.82) is 0 Å². The van der Waals surface area contributed by atoms with Gasteiger partial charge in [-0.1, -0.05) is 24.3 Å². The first-order valence-corrected chi connectivity index (χ1v) is 6.37. The van der Waals surface area contributed by atoms with E-state index in [2.05, 4.69) is 24.3 Å². The summed E-state index contributed by atoms with van der Waals surface area (Å²) in [4.78, 5) is 0. The van der Waals surface area contributed by atoms with E-state index in [0.717, 1.165) is 12.8 Å². The maximum Gasteiger partial charge on any atom is 0.0960 e. The zero-order chi connectivity index (χ0) is 11.7. The fourth-order valence-corrected chi connectivity index (χ4v) is 2.81. The standard InChI is InChI=1S/C14H19NO2/c15-13(14-9-16-5-6-17-14)8-11-7-10-3-1-2-4-12(10)11/h1-4,11,13-14H,5-9,15H2. The zero-order valence-corrected chi connectivity index (χ0v) is 9.97. The van der Waals surface area contributed by atoms with Gasteiger partial charge < -0.3 is 15.2 Å². The third kappa shape index (κ3) is 2.23. The van der Waals surface area contributed by atoms with Crippen LogP contribution in [0.1, 0.15) is 23.5 Å². The summed E-state index contributed by atoms with van der Waals surface area (Å²) in [6, 6.07) is 8.73. The molecule has 1 heterocycles. The van der Waals surface area contributed by atoms with Gasteiger partial charge in [0.1, 0.15) is 0 Å². The second kappa shape index (κ2) is 4.77. The van der Waals surface area contributed by atoms with Gasteiger partial charge in [-0.3, -0.25) is 0 Å². The van der Waals surface area contributed by atoms with E-state index in [0.29, 0.717) is 25.7 Å². The summed E-state index contributed by atoms with van der Waals surface area (Å²) >= 11 is 0. The van der Waals surface area contributed by atoms with Gasteiger partial charge in [-0.05, 0) is 29.9 Å². The highest BCUT2D eigenvalue weighted by Gasteiger charge is 2.30. The highest BCUT2D eigenvalue weighted by Crippen LogP contribution is 2.38. The summed E-state index contributed by atoms with van der Waals surface area (Å²) in [5, 5.41) is 0. The van der Waals surface area contributed by atoms with Crippen LogP contribution in [0.15, 0.2) is 24.3 Å². The third-order valence-corrected chi connectivity index (χ3v) is 3.84. The van der Waals surface area contributed by atoms with Gasteiger partial charge in [0.05, 0.1) is 25.9 Å². The van der Waals surface area contributed by atoms with E-state index in [9.17, 15) is 0 Å². The molecule has 1 aromatic rings. The molecule has 1 aliphatic carbocycles. The smallest absolute Gasteiger partial charge is 0.0960 e. The first-order valence-electron chi connectivity index (χ1n) is 6.37. The van der Waals surface area contributed by atoms with Gasteiger partial charge >= 0.3 is 0 Å². The van der Waals surface area contributed by atoms with Crippen molar-refractivity contribution < 1.29 is 9.47 Å². The van der Waals surface area contributed by atoms with Crippen molar-refractivity contribution in [1.82, 2.24) is 0 Å². The van der Waals surface area contributed by atoms with Gasteiger partial charge in [0, 0.05) is 6.04 Å². The van der Waals surface area contributed by atoms with Crippen LogP contribution in [0.25, 0.3) is 0 Å². The fraction of sp³-hybridized carbons (Fsp3) is 0.571. The molecule has 0 aromatic heterocycles. The van der Waals surface area contributed by atoms with Gasteiger partial charge in [-0.15, -0.1) is 0 Å². The Morgan fingerprint density at radius 1 is 1.29 bits per heavy atom. The van der Waals surface area contributed by atoms with Crippen LogP contribution in [0, 0.1) is 0 Å². The van der Waals surface area contributed by atoms with Crippen LogP contribution in [0.2, 0.25) is 0 Å². The van der Waals surface area contributed by atoms with E-state index >= 15 is 0 Å². The quantitative estimate of drug-likeness (QED) is 0.859. The van der Waals surface area contributed by atoms with Crippen molar-refractivity contribution in [2.45, 2.75) is 30.9 Å². The molecule has 3 atom stereocenters. The molecule has 1 saturated heterocycles. The van der Waals surface area contributed by atoms with Crippen LogP contribution in [-0.4, -0.2) is 32.0 Å². The van der Waals surface area contributed by atoms with Gasteiger partial charge in [0.15, 0.2) is 0 Å². The number of ether oxygens (including phenoxy) is 2. The van der Waals surface area contributed by atoms with Crippen molar-refractivity contribution in [2.75, 3.05) is 19.8 Å². The highest BCUT2D eigenvalue weighted by molar-refractivity contribution is 5.39. The zero-order valence-electron chi connectivity index (χ0n) is 9.97. The molecule has 1 aliphatic heterocycles. The second-order valence-corrected chi connectivity index (χ2v) is 4.98. The minimum Gasteiger partial charge on any atom is -0.376 e. The monoisotopic (exact) mass is 233 g/mol. The Morgan fingerprint density at radius 3 is 2.94 bits per heavy atom. The number of nitrogens with two attached hydrogens (primary N) is 1. The van der Waals surface area contributed by atoms with Crippen molar-refractivity contribution in [3.05, 3.63) is 35.4 Å². The molecule has 17 heavy (non-hydrogen) atoms. The maximum atomic E-state index is 6.21. The van der Waals surface area contributed by atoms with Crippen LogP contribution >= 0.6 is 0 Å². The average Bonchev–Trinajstić information content (AvgIpc) is 2.37. The Kier molecular flexibility index (Phi) is 3.14. The van der Waals surface area contributed by atoms with Gasteiger partial charge in [-0.2, -0.15) is 0 Å². The summed E-state index contributed by atoms with van der Waals surface area (Å²) in [5.41, 5.74) is 9.16. The Morgan fingerprint density at radius 2 is 2.18 bits per heavy atom. The van der Waals surface area contributed by atoms with Gasteiger partial charge in [-0.25, -0.2) is 0 Å². The Labute approximate surface area is 102 Å². The second-order valence-electron chi connectivity index (χ2n) is 4.98. The first-order chi connectivity index (χ1) is 8.34. The van der Waals surface area contributed by atoms with Crippen molar-refractivity contribution in [3.63, 3.8) is 0 Å². The molecular formula is C14H19NO2. The molecule has 92 valence electrons. The molecule has 0 saturated carbocycles. The van der Waals surface area contributed by atoms with E-state index in [-0.39, 0.29) is 12.1 Å². The van der Waals surface area contributed by atoms with E-state index in [4.69, 9.17) is 15.2 Å². The molecule has 3 unspecified atom stereocenters. The molecule has 1 aromatic carbocycles. The molecule has 0 amide bonds. The molecule has 2 aliphatic rings. The Bertz CT molecular complexity index is 388. The van der Waals surface area contributed by atoms with Gasteiger partial charge in [0.25, 0.3) is 0 Å². The van der Waals surface area contributed by atoms with Gasteiger partial charge in [0.2, 0.25) is 0 Å². The Balaban J connectivity index is 1.58. The number of rotatable bonds is 3. The fourth-order valence-electron chi connectivity index (χ4n) is 2.81. The Hall–Kier alpha value is -0.900. The maximum absolute atomic E-state index is 6.21.